The number of methoxy groups -OCH3 is 1. The number of rotatable bonds is 3. The van der Waals surface area contributed by atoms with Gasteiger partial charge in [-0.1, -0.05) is 13.8 Å². The maximum atomic E-state index is 11.9. The van der Waals surface area contributed by atoms with E-state index in [-0.39, 0.29) is 0 Å². The minimum atomic E-state index is -0.525. The van der Waals surface area contributed by atoms with Crippen molar-refractivity contribution in [3.05, 3.63) is 0 Å². The van der Waals surface area contributed by atoms with Gasteiger partial charge in [-0.15, -0.1) is 0 Å². The van der Waals surface area contributed by atoms with Crippen LogP contribution in [-0.4, -0.2) is 50.1 Å². The van der Waals surface area contributed by atoms with E-state index in [9.17, 15) is 9.59 Å². The lowest BCUT2D eigenvalue weighted by molar-refractivity contribution is -0.147. The molecule has 1 heterocycles. The van der Waals surface area contributed by atoms with Crippen molar-refractivity contribution in [2.75, 3.05) is 33.4 Å². The molecule has 0 aromatic carbocycles. The fourth-order valence-corrected chi connectivity index (χ4v) is 2.31. The quantitative estimate of drug-likeness (QED) is 0.570. The SMILES string of the molecule is COCCNC(=O)C(=O)N1CC(C)CC(C)C1. The van der Waals surface area contributed by atoms with Gasteiger partial charge in [0.15, 0.2) is 0 Å². The Balaban J connectivity index is 2.42. The molecule has 17 heavy (non-hydrogen) atoms. The van der Waals surface area contributed by atoms with Gasteiger partial charge in [0.25, 0.3) is 0 Å². The van der Waals surface area contributed by atoms with Gasteiger partial charge in [-0.2, -0.15) is 0 Å². The topological polar surface area (TPSA) is 58.6 Å². The summed E-state index contributed by atoms with van der Waals surface area (Å²) in [5, 5.41) is 2.56. The minimum absolute atomic E-state index is 0.375. The largest absolute Gasteiger partial charge is 0.383 e. The number of carbonyl (C=O) groups excluding carboxylic acids is 2. The smallest absolute Gasteiger partial charge is 0.311 e. The van der Waals surface area contributed by atoms with Crippen LogP contribution in [-0.2, 0) is 14.3 Å². The maximum Gasteiger partial charge on any atom is 0.311 e. The Hall–Kier alpha value is -1.10. The molecule has 0 saturated carbocycles. The lowest BCUT2D eigenvalue weighted by Crippen LogP contribution is -2.49. The highest BCUT2D eigenvalue weighted by Crippen LogP contribution is 2.20. The van der Waals surface area contributed by atoms with Crippen molar-refractivity contribution >= 4 is 11.8 Å². The van der Waals surface area contributed by atoms with Crippen LogP contribution < -0.4 is 5.32 Å². The molecule has 98 valence electrons. The van der Waals surface area contributed by atoms with Crippen molar-refractivity contribution in [1.29, 1.82) is 0 Å². The first-order valence-electron chi connectivity index (χ1n) is 6.10. The highest BCUT2D eigenvalue weighted by molar-refractivity contribution is 6.35. The second kappa shape index (κ2) is 6.59. The van der Waals surface area contributed by atoms with Crippen LogP contribution in [0, 0.1) is 11.8 Å². The van der Waals surface area contributed by atoms with E-state index in [1.165, 1.54) is 0 Å². The Morgan fingerprint density at radius 3 is 2.41 bits per heavy atom. The summed E-state index contributed by atoms with van der Waals surface area (Å²) >= 11 is 0. The van der Waals surface area contributed by atoms with E-state index in [0.29, 0.717) is 38.1 Å². The summed E-state index contributed by atoms with van der Waals surface area (Å²) in [6, 6.07) is 0. The highest BCUT2D eigenvalue weighted by Gasteiger charge is 2.28. The first kappa shape index (κ1) is 14.0. The molecule has 5 nitrogen and oxygen atoms in total. The van der Waals surface area contributed by atoms with Crippen molar-refractivity contribution in [1.82, 2.24) is 10.2 Å². The molecule has 0 radical (unpaired) electrons. The summed E-state index contributed by atoms with van der Waals surface area (Å²) in [5.74, 6) is -0.00759. The third kappa shape index (κ3) is 4.34. The number of amides is 2. The highest BCUT2D eigenvalue weighted by atomic mass is 16.5. The molecule has 0 aliphatic carbocycles. The second-order valence-corrected chi connectivity index (χ2v) is 4.90. The molecule has 5 heteroatoms. The number of nitrogens with one attached hydrogen (secondary N) is 1. The van der Waals surface area contributed by atoms with Crippen LogP contribution in [0.3, 0.4) is 0 Å². The summed E-state index contributed by atoms with van der Waals surface area (Å²) in [4.78, 5) is 25.1. The van der Waals surface area contributed by atoms with E-state index in [4.69, 9.17) is 4.74 Å². The van der Waals surface area contributed by atoms with Gasteiger partial charge in [0.1, 0.15) is 0 Å². The molecule has 1 saturated heterocycles. The van der Waals surface area contributed by atoms with Crippen LogP contribution >= 0.6 is 0 Å². The molecule has 2 amide bonds. The predicted octanol–water partition coefficient (Wildman–Crippen LogP) is 0.254. The first-order chi connectivity index (χ1) is 8.04. The molecule has 1 rings (SSSR count). The van der Waals surface area contributed by atoms with Crippen molar-refractivity contribution in [3.8, 4) is 0 Å². The van der Waals surface area contributed by atoms with Gasteiger partial charge >= 0.3 is 11.8 Å². The zero-order valence-corrected chi connectivity index (χ0v) is 10.9. The lowest BCUT2D eigenvalue weighted by atomic mass is 9.92. The van der Waals surface area contributed by atoms with Gasteiger partial charge in [-0.05, 0) is 18.3 Å². The van der Waals surface area contributed by atoms with E-state index < -0.39 is 11.8 Å². The number of nitrogens with zero attached hydrogens (tertiary/aromatic N) is 1. The first-order valence-corrected chi connectivity index (χ1v) is 6.10. The summed E-state index contributed by atoms with van der Waals surface area (Å²) in [6.45, 7) is 6.38. The van der Waals surface area contributed by atoms with Crippen molar-refractivity contribution in [3.63, 3.8) is 0 Å². The van der Waals surface area contributed by atoms with Crippen LogP contribution in [0.25, 0.3) is 0 Å². The third-order valence-electron chi connectivity index (χ3n) is 2.94. The molecule has 0 spiro atoms. The lowest BCUT2D eigenvalue weighted by Gasteiger charge is -2.34. The average molecular weight is 242 g/mol. The molecule has 2 atom stereocenters. The number of hydrogen-bond donors (Lipinski definition) is 1. The molecular weight excluding hydrogens is 220 g/mol. The van der Waals surface area contributed by atoms with Crippen LogP contribution in [0.15, 0.2) is 0 Å². The third-order valence-corrected chi connectivity index (χ3v) is 2.94. The summed E-state index contributed by atoms with van der Waals surface area (Å²) in [5.41, 5.74) is 0. The number of ether oxygens (including phenoxy) is 1. The van der Waals surface area contributed by atoms with Crippen LogP contribution in [0.4, 0.5) is 0 Å². The zero-order valence-electron chi connectivity index (χ0n) is 10.9. The number of carbonyl (C=O) groups is 2. The van der Waals surface area contributed by atoms with Gasteiger partial charge in [-0.25, -0.2) is 0 Å². The Morgan fingerprint density at radius 1 is 1.29 bits per heavy atom. The zero-order chi connectivity index (χ0) is 12.8. The summed E-state index contributed by atoms with van der Waals surface area (Å²) < 4.78 is 4.81. The van der Waals surface area contributed by atoms with Gasteiger partial charge < -0.3 is 15.0 Å². The van der Waals surface area contributed by atoms with Crippen molar-refractivity contribution in [2.45, 2.75) is 20.3 Å². The number of piperidine rings is 1. The van der Waals surface area contributed by atoms with E-state index in [0.717, 1.165) is 6.42 Å². The van der Waals surface area contributed by atoms with Gasteiger partial charge in [0, 0.05) is 26.7 Å². The summed E-state index contributed by atoms with van der Waals surface area (Å²) in [7, 11) is 1.56. The molecule has 0 aromatic heterocycles. The van der Waals surface area contributed by atoms with Crippen molar-refractivity contribution < 1.29 is 14.3 Å². The molecule has 0 bridgehead atoms. The Morgan fingerprint density at radius 2 is 1.88 bits per heavy atom. The van der Waals surface area contributed by atoms with Gasteiger partial charge in [0.2, 0.25) is 0 Å². The molecule has 1 fully saturated rings. The Bertz CT molecular complexity index is 271. The summed E-state index contributed by atoms with van der Waals surface area (Å²) in [6.07, 6.45) is 1.12. The number of likely N-dealkylation sites (tertiary alicyclic amines) is 1. The van der Waals surface area contributed by atoms with E-state index in [1.807, 2.05) is 0 Å². The molecule has 2 unspecified atom stereocenters. The Labute approximate surface area is 102 Å². The van der Waals surface area contributed by atoms with E-state index in [1.54, 1.807) is 12.0 Å². The second-order valence-electron chi connectivity index (χ2n) is 4.90. The van der Waals surface area contributed by atoms with Gasteiger partial charge in [0.05, 0.1) is 6.61 Å². The molecule has 0 aromatic rings. The van der Waals surface area contributed by atoms with Crippen LogP contribution in [0.1, 0.15) is 20.3 Å². The fraction of sp³-hybridized carbons (Fsp3) is 0.833. The standard InChI is InChI=1S/C12H22N2O3/c1-9-6-10(2)8-14(7-9)12(16)11(15)13-4-5-17-3/h9-10H,4-8H2,1-3H3,(H,13,15). The molecule has 1 aliphatic rings. The molecular formula is C12H22N2O3. The van der Waals surface area contributed by atoms with E-state index in [2.05, 4.69) is 19.2 Å². The van der Waals surface area contributed by atoms with E-state index >= 15 is 0 Å². The maximum absolute atomic E-state index is 11.9. The predicted molar refractivity (Wildman–Crippen MR) is 64.4 cm³/mol. The van der Waals surface area contributed by atoms with Crippen LogP contribution in [0.5, 0.6) is 0 Å². The monoisotopic (exact) mass is 242 g/mol. The number of hydrogen-bond acceptors (Lipinski definition) is 3. The molecule has 1 aliphatic heterocycles. The van der Waals surface area contributed by atoms with Gasteiger partial charge in [-0.3, -0.25) is 9.59 Å². The average Bonchev–Trinajstić information content (AvgIpc) is 2.27. The minimum Gasteiger partial charge on any atom is -0.383 e. The van der Waals surface area contributed by atoms with Crippen molar-refractivity contribution in [2.24, 2.45) is 11.8 Å². The molecule has 1 N–H and O–H groups in total. The van der Waals surface area contributed by atoms with Crippen LogP contribution in [0.2, 0.25) is 0 Å². The fourth-order valence-electron chi connectivity index (χ4n) is 2.31. The Kier molecular flexibility index (Phi) is 5.41. The normalized spacial score (nSPS) is 24.5.